The maximum Gasteiger partial charge on any atom is 0.234 e. The molecule has 0 radical (unpaired) electrons. The summed E-state index contributed by atoms with van der Waals surface area (Å²) in [5, 5.41) is 8.19. The van der Waals surface area contributed by atoms with Crippen molar-refractivity contribution < 1.29 is 14.0 Å². The Kier molecular flexibility index (Phi) is 8.54. The van der Waals surface area contributed by atoms with Crippen molar-refractivity contribution in [1.29, 1.82) is 0 Å². The molecule has 0 fully saturated rings. The highest BCUT2D eigenvalue weighted by Crippen LogP contribution is 2.13. The number of hydrogen-bond acceptors (Lipinski definition) is 4. The van der Waals surface area contributed by atoms with Crippen molar-refractivity contribution in [2.24, 2.45) is 0 Å². The molecule has 3 N–H and O–H groups in total. The van der Waals surface area contributed by atoms with Crippen LogP contribution in [0.3, 0.4) is 0 Å². The van der Waals surface area contributed by atoms with Gasteiger partial charge in [-0.15, -0.1) is 11.8 Å². The number of anilines is 1. The van der Waals surface area contributed by atoms with E-state index in [0.29, 0.717) is 12.2 Å². The maximum absolute atomic E-state index is 12.8. The Balaban J connectivity index is 2.24. The molecule has 1 atom stereocenters. The zero-order valence-electron chi connectivity index (χ0n) is 12.8. The van der Waals surface area contributed by atoms with E-state index >= 15 is 0 Å². The van der Waals surface area contributed by atoms with E-state index in [1.54, 1.807) is 6.92 Å². The Morgan fingerprint density at radius 3 is 2.55 bits per heavy atom. The molecule has 7 heteroatoms. The number of halogens is 1. The summed E-state index contributed by atoms with van der Waals surface area (Å²) in [4.78, 5) is 23.5. The molecule has 1 aromatic carbocycles. The van der Waals surface area contributed by atoms with Crippen molar-refractivity contribution in [3.63, 3.8) is 0 Å². The molecule has 0 aromatic heterocycles. The van der Waals surface area contributed by atoms with Gasteiger partial charge in [0.15, 0.2) is 0 Å². The van der Waals surface area contributed by atoms with Crippen LogP contribution in [-0.4, -0.2) is 43.0 Å². The summed E-state index contributed by atoms with van der Waals surface area (Å²) in [5.41, 5.74) is 0.538. The van der Waals surface area contributed by atoms with Crippen LogP contribution in [0, 0.1) is 5.82 Å². The van der Waals surface area contributed by atoms with Crippen LogP contribution >= 0.6 is 11.8 Å². The number of nitrogens with one attached hydrogen (secondary N) is 3. The minimum Gasteiger partial charge on any atom is -0.355 e. The van der Waals surface area contributed by atoms with E-state index in [0.717, 1.165) is 13.0 Å². The van der Waals surface area contributed by atoms with E-state index in [9.17, 15) is 14.0 Å². The number of thioether (sulfide) groups is 1. The SMILES string of the molecule is CNCCCNC(=O)C(C)SCC(=O)Nc1ccc(F)cc1. The molecular formula is C15H22FN3O2S. The number of amides is 2. The van der Waals surface area contributed by atoms with Crippen LogP contribution < -0.4 is 16.0 Å². The number of benzene rings is 1. The predicted octanol–water partition coefficient (Wildman–Crippen LogP) is 1.61. The van der Waals surface area contributed by atoms with E-state index in [2.05, 4.69) is 16.0 Å². The number of carbonyl (C=O) groups is 2. The van der Waals surface area contributed by atoms with Crippen molar-refractivity contribution in [2.75, 3.05) is 31.2 Å². The monoisotopic (exact) mass is 327 g/mol. The molecular weight excluding hydrogens is 305 g/mol. The first-order chi connectivity index (χ1) is 10.5. The van der Waals surface area contributed by atoms with E-state index < -0.39 is 0 Å². The van der Waals surface area contributed by atoms with Crippen molar-refractivity contribution in [1.82, 2.24) is 10.6 Å². The molecule has 1 unspecified atom stereocenters. The minimum atomic E-state index is -0.351. The second-order valence-corrected chi connectivity index (χ2v) is 6.09. The zero-order chi connectivity index (χ0) is 16.4. The Morgan fingerprint density at radius 1 is 1.23 bits per heavy atom. The average Bonchev–Trinajstić information content (AvgIpc) is 2.51. The Labute approximate surface area is 134 Å². The predicted molar refractivity (Wildman–Crippen MR) is 88.5 cm³/mol. The van der Waals surface area contributed by atoms with E-state index in [1.807, 2.05) is 7.05 Å². The van der Waals surface area contributed by atoms with Crippen LogP contribution in [0.15, 0.2) is 24.3 Å². The molecule has 122 valence electrons. The van der Waals surface area contributed by atoms with Gasteiger partial charge in [0.25, 0.3) is 0 Å². The third-order valence-corrected chi connectivity index (χ3v) is 4.01. The molecule has 1 rings (SSSR count). The Morgan fingerprint density at radius 2 is 1.91 bits per heavy atom. The van der Waals surface area contributed by atoms with Gasteiger partial charge < -0.3 is 16.0 Å². The molecule has 0 aliphatic carbocycles. The van der Waals surface area contributed by atoms with Crippen LogP contribution in [0.25, 0.3) is 0 Å². The molecule has 0 aliphatic heterocycles. The van der Waals surface area contributed by atoms with Gasteiger partial charge in [0.05, 0.1) is 11.0 Å². The van der Waals surface area contributed by atoms with Crippen LogP contribution in [0.5, 0.6) is 0 Å². The van der Waals surface area contributed by atoms with E-state index in [1.165, 1.54) is 36.0 Å². The average molecular weight is 327 g/mol. The second-order valence-electron chi connectivity index (χ2n) is 4.76. The molecule has 2 amide bonds. The summed E-state index contributed by atoms with van der Waals surface area (Å²) in [7, 11) is 1.86. The number of hydrogen-bond donors (Lipinski definition) is 3. The van der Waals surface area contributed by atoms with Crippen LogP contribution in [0.1, 0.15) is 13.3 Å². The van der Waals surface area contributed by atoms with Crippen molar-refractivity contribution >= 4 is 29.3 Å². The highest BCUT2D eigenvalue weighted by atomic mass is 32.2. The lowest BCUT2D eigenvalue weighted by molar-refractivity contribution is -0.120. The first-order valence-corrected chi connectivity index (χ1v) is 8.17. The fourth-order valence-corrected chi connectivity index (χ4v) is 2.34. The molecule has 0 heterocycles. The maximum atomic E-state index is 12.8. The fraction of sp³-hybridized carbons (Fsp3) is 0.467. The summed E-state index contributed by atoms with van der Waals surface area (Å²) in [6.45, 7) is 3.23. The van der Waals surface area contributed by atoms with Gasteiger partial charge in [0.1, 0.15) is 5.82 Å². The molecule has 22 heavy (non-hydrogen) atoms. The molecule has 0 aliphatic rings. The lowest BCUT2D eigenvalue weighted by atomic mass is 10.3. The summed E-state index contributed by atoms with van der Waals surface area (Å²) in [6, 6.07) is 5.56. The summed E-state index contributed by atoms with van der Waals surface area (Å²) in [5.74, 6) is -0.472. The van der Waals surface area contributed by atoms with Gasteiger partial charge >= 0.3 is 0 Å². The number of carbonyl (C=O) groups excluding carboxylic acids is 2. The van der Waals surface area contributed by atoms with Crippen molar-refractivity contribution in [3.8, 4) is 0 Å². The lowest BCUT2D eigenvalue weighted by Crippen LogP contribution is -2.33. The second kappa shape index (κ2) is 10.2. The van der Waals surface area contributed by atoms with Gasteiger partial charge in [-0.1, -0.05) is 0 Å². The van der Waals surface area contributed by atoms with Gasteiger partial charge in [-0.3, -0.25) is 9.59 Å². The minimum absolute atomic E-state index is 0.0734. The molecule has 0 spiro atoms. The van der Waals surface area contributed by atoms with Gasteiger partial charge in [-0.05, 0) is 51.2 Å². The zero-order valence-corrected chi connectivity index (χ0v) is 13.6. The van der Waals surface area contributed by atoms with Gasteiger partial charge in [-0.2, -0.15) is 0 Å². The highest BCUT2D eigenvalue weighted by Gasteiger charge is 2.14. The largest absolute Gasteiger partial charge is 0.355 e. The van der Waals surface area contributed by atoms with Crippen molar-refractivity contribution in [2.45, 2.75) is 18.6 Å². The molecule has 5 nitrogen and oxygen atoms in total. The normalized spacial score (nSPS) is 11.8. The van der Waals surface area contributed by atoms with Gasteiger partial charge in [0.2, 0.25) is 11.8 Å². The molecule has 1 aromatic rings. The summed E-state index contributed by atoms with van der Waals surface area (Å²) >= 11 is 1.27. The van der Waals surface area contributed by atoms with Crippen LogP contribution in [0.2, 0.25) is 0 Å². The van der Waals surface area contributed by atoms with Gasteiger partial charge in [-0.25, -0.2) is 4.39 Å². The third-order valence-electron chi connectivity index (χ3n) is 2.86. The third kappa shape index (κ3) is 7.42. The highest BCUT2D eigenvalue weighted by molar-refractivity contribution is 8.01. The van der Waals surface area contributed by atoms with Crippen LogP contribution in [-0.2, 0) is 9.59 Å². The Bertz CT molecular complexity index is 482. The lowest BCUT2D eigenvalue weighted by Gasteiger charge is -2.12. The van der Waals surface area contributed by atoms with Crippen LogP contribution in [0.4, 0.5) is 10.1 Å². The molecule has 0 bridgehead atoms. The molecule has 0 saturated heterocycles. The van der Waals surface area contributed by atoms with Crippen molar-refractivity contribution in [3.05, 3.63) is 30.1 Å². The van der Waals surface area contributed by atoms with E-state index in [4.69, 9.17) is 0 Å². The molecule has 0 saturated carbocycles. The Hall–Kier alpha value is -1.60. The smallest absolute Gasteiger partial charge is 0.234 e. The summed E-state index contributed by atoms with van der Waals surface area (Å²) < 4.78 is 12.8. The first-order valence-electron chi connectivity index (χ1n) is 7.12. The quantitative estimate of drug-likeness (QED) is 0.603. The number of rotatable bonds is 9. The fourth-order valence-electron chi connectivity index (χ4n) is 1.63. The van der Waals surface area contributed by atoms with E-state index in [-0.39, 0.29) is 28.6 Å². The standard InChI is InChI=1S/C15H22FN3O2S/c1-11(15(21)18-9-3-8-17-2)22-10-14(20)19-13-6-4-12(16)5-7-13/h4-7,11,17H,3,8-10H2,1-2H3,(H,18,21)(H,19,20). The summed E-state index contributed by atoms with van der Waals surface area (Å²) in [6.07, 6.45) is 0.866. The topological polar surface area (TPSA) is 70.2 Å². The van der Waals surface area contributed by atoms with Gasteiger partial charge in [0, 0.05) is 12.2 Å². The first kappa shape index (κ1) is 18.4.